The third kappa shape index (κ3) is 3.69. The molecule has 3 aliphatic carbocycles. The van der Waals surface area contributed by atoms with E-state index in [0.29, 0.717) is 0 Å². The Morgan fingerprint density at radius 1 is 1.00 bits per heavy atom. The third-order valence-electron chi connectivity index (χ3n) is 5.66. The average molecular weight is 463 g/mol. The van der Waals surface area contributed by atoms with E-state index >= 15 is 0 Å². The summed E-state index contributed by atoms with van der Waals surface area (Å²) in [6.45, 7) is 7.15. The molecule has 0 aromatic heterocycles. The molecule has 1 aromatic rings. The van der Waals surface area contributed by atoms with Crippen LogP contribution in [-0.4, -0.2) is 0 Å². The monoisotopic (exact) mass is 460 g/mol. The standard InChI is InChI=1S/C23H24.2ClH.Zr/c1-22(2,3)23(16-17-9-4-5-10-17)14-8-13-20-19-12-7-6-11-18(19)15-21(20)23;;;/h4-9,11-15H,10,16H2,1-3H3;2*1H;/q;;;+2/p-2. The largest absolute Gasteiger partial charge is 2.00 e. The molecule has 0 nitrogen and oxygen atoms in total. The first-order valence-corrected chi connectivity index (χ1v) is 8.57. The van der Waals surface area contributed by atoms with Crippen LogP contribution in [0.25, 0.3) is 11.6 Å². The van der Waals surface area contributed by atoms with Gasteiger partial charge < -0.3 is 24.8 Å². The Balaban J connectivity index is 0.00000113. The average Bonchev–Trinajstić information content (AvgIpc) is 3.14. The Kier molecular flexibility index (Phi) is 7.74. The number of hydrogen-bond donors (Lipinski definition) is 0. The molecule has 0 amide bonds. The van der Waals surface area contributed by atoms with Crippen molar-refractivity contribution in [1.82, 2.24) is 0 Å². The number of allylic oxidation sites excluding steroid dienone is 9. The Labute approximate surface area is 189 Å². The van der Waals surface area contributed by atoms with Crippen LogP contribution in [0.4, 0.5) is 0 Å². The fourth-order valence-electron chi connectivity index (χ4n) is 4.25. The normalized spacial score (nSPS) is 22.0. The van der Waals surface area contributed by atoms with Crippen LogP contribution < -0.4 is 24.8 Å². The van der Waals surface area contributed by atoms with E-state index in [-0.39, 0.29) is 61.8 Å². The van der Waals surface area contributed by atoms with E-state index in [2.05, 4.69) is 87.6 Å². The van der Waals surface area contributed by atoms with Crippen LogP contribution in [0.3, 0.4) is 0 Å². The summed E-state index contributed by atoms with van der Waals surface area (Å²) in [6.07, 6.45) is 18.4. The van der Waals surface area contributed by atoms with E-state index in [0.717, 1.165) is 12.8 Å². The molecular weight excluding hydrogens is 438 g/mol. The summed E-state index contributed by atoms with van der Waals surface area (Å²) in [5.74, 6) is 0. The zero-order chi connectivity index (χ0) is 16.1. The number of benzene rings is 1. The van der Waals surface area contributed by atoms with Crippen molar-refractivity contribution >= 4 is 11.6 Å². The molecule has 134 valence electrons. The van der Waals surface area contributed by atoms with Gasteiger partial charge in [-0.1, -0.05) is 87.1 Å². The smallest absolute Gasteiger partial charge is 1.00 e. The molecule has 3 aliphatic rings. The molecular formula is C23H24Cl2Zr. The fourth-order valence-corrected chi connectivity index (χ4v) is 4.25. The first-order chi connectivity index (χ1) is 11.0. The van der Waals surface area contributed by atoms with Gasteiger partial charge >= 0.3 is 26.2 Å². The molecule has 0 fully saturated rings. The second kappa shape index (κ2) is 8.60. The van der Waals surface area contributed by atoms with Crippen molar-refractivity contribution in [3.05, 3.63) is 83.0 Å². The summed E-state index contributed by atoms with van der Waals surface area (Å²) in [5, 5.41) is 0. The van der Waals surface area contributed by atoms with Gasteiger partial charge in [0.25, 0.3) is 0 Å². The van der Waals surface area contributed by atoms with Gasteiger partial charge in [-0.05, 0) is 46.6 Å². The van der Waals surface area contributed by atoms with Crippen LogP contribution in [0.2, 0.25) is 0 Å². The zero-order valence-corrected chi connectivity index (χ0v) is 19.5. The van der Waals surface area contributed by atoms with Gasteiger partial charge in [0.2, 0.25) is 0 Å². The Morgan fingerprint density at radius 3 is 2.38 bits per heavy atom. The van der Waals surface area contributed by atoms with Crippen LogP contribution >= 0.6 is 0 Å². The minimum absolute atomic E-state index is 0. The fraction of sp³-hybridized carbons (Fsp3) is 0.304. The van der Waals surface area contributed by atoms with Crippen LogP contribution in [0, 0.1) is 10.8 Å². The summed E-state index contributed by atoms with van der Waals surface area (Å²) >= 11 is 0. The van der Waals surface area contributed by atoms with Crippen molar-refractivity contribution in [2.24, 2.45) is 10.8 Å². The van der Waals surface area contributed by atoms with E-state index < -0.39 is 0 Å². The van der Waals surface area contributed by atoms with Crippen molar-refractivity contribution in [3.63, 3.8) is 0 Å². The van der Waals surface area contributed by atoms with Gasteiger partial charge in [0.15, 0.2) is 0 Å². The van der Waals surface area contributed by atoms with Gasteiger partial charge in [-0.3, -0.25) is 0 Å². The number of rotatable bonds is 2. The molecule has 0 heterocycles. The van der Waals surface area contributed by atoms with Crippen molar-refractivity contribution in [2.75, 3.05) is 0 Å². The molecule has 0 spiro atoms. The third-order valence-corrected chi connectivity index (χ3v) is 5.66. The zero-order valence-electron chi connectivity index (χ0n) is 15.5. The summed E-state index contributed by atoms with van der Waals surface area (Å²) in [5.41, 5.74) is 7.45. The second-order valence-corrected chi connectivity index (χ2v) is 7.94. The summed E-state index contributed by atoms with van der Waals surface area (Å²) in [4.78, 5) is 0. The molecule has 26 heavy (non-hydrogen) atoms. The maximum Gasteiger partial charge on any atom is 2.00 e. The van der Waals surface area contributed by atoms with Crippen molar-refractivity contribution in [2.45, 2.75) is 33.6 Å². The second-order valence-electron chi connectivity index (χ2n) is 7.94. The van der Waals surface area contributed by atoms with Gasteiger partial charge in [0.1, 0.15) is 0 Å². The quantitative estimate of drug-likeness (QED) is 0.595. The Morgan fingerprint density at radius 2 is 1.73 bits per heavy atom. The van der Waals surface area contributed by atoms with Crippen LogP contribution in [0.15, 0.2) is 71.9 Å². The predicted molar refractivity (Wildman–Crippen MR) is 99.9 cm³/mol. The minimum atomic E-state index is 0. The number of hydrogen-bond acceptors (Lipinski definition) is 0. The topological polar surface area (TPSA) is 0 Å². The van der Waals surface area contributed by atoms with Crippen molar-refractivity contribution in [3.8, 4) is 0 Å². The van der Waals surface area contributed by atoms with Crippen LogP contribution in [0.1, 0.15) is 44.7 Å². The number of halogens is 2. The SMILES string of the molecule is CC(C)(C)C1(CC2=CC=CC2)C=CC=C2C1=Cc1ccccc12.[Cl-].[Cl-].[Zr+2]. The van der Waals surface area contributed by atoms with E-state index in [1.54, 1.807) is 5.57 Å². The van der Waals surface area contributed by atoms with Gasteiger partial charge in [0, 0.05) is 5.41 Å². The first-order valence-electron chi connectivity index (χ1n) is 8.57. The van der Waals surface area contributed by atoms with Gasteiger partial charge in [0.05, 0.1) is 0 Å². The van der Waals surface area contributed by atoms with Crippen LogP contribution in [-0.2, 0) is 26.2 Å². The minimum Gasteiger partial charge on any atom is -1.00 e. The molecule has 1 aromatic carbocycles. The molecule has 1 atom stereocenters. The molecule has 0 saturated carbocycles. The van der Waals surface area contributed by atoms with Crippen LogP contribution in [0.5, 0.6) is 0 Å². The van der Waals surface area contributed by atoms with Crippen molar-refractivity contribution < 1.29 is 51.0 Å². The molecule has 0 bridgehead atoms. The Bertz CT molecular complexity index is 819. The summed E-state index contributed by atoms with van der Waals surface area (Å²) < 4.78 is 0. The van der Waals surface area contributed by atoms with E-state index in [9.17, 15) is 0 Å². The first kappa shape index (κ1) is 23.4. The van der Waals surface area contributed by atoms with Gasteiger partial charge in [-0.25, -0.2) is 0 Å². The number of fused-ring (bicyclic) bond motifs is 3. The maximum absolute atomic E-state index is 2.45. The Hall–Kier alpha value is -0.617. The van der Waals surface area contributed by atoms with Gasteiger partial charge in [-0.15, -0.1) is 0 Å². The molecule has 0 saturated heterocycles. The van der Waals surface area contributed by atoms with Crippen molar-refractivity contribution in [1.29, 1.82) is 0 Å². The maximum atomic E-state index is 2.45. The summed E-state index contributed by atoms with van der Waals surface area (Å²) in [7, 11) is 0. The van der Waals surface area contributed by atoms with E-state index in [4.69, 9.17) is 0 Å². The van der Waals surface area contributed by atoms with E-state index in [1.165, 1.54) is 22.3 Å². The molecule has 1 unspecified atom stereocenters. The van der Waals surface area contributed by atoms with Gasteiger partial charge in [-0.2, -0.15) is 0 Å². The molecule has 0 radical (unpaired) electrons. The molecule has 4 rings (SSSR count). The van der Waals surface area contributed by atoms with E-state index in [1.807, 2.05) is 0 Å². The molecule has 0 N–H and O–H groups in total. The molecule has 0 aliphatic heterocycles. The summed E-state index contributed by atoms with van der Waals surface area (Å²) in [6, 6.07) is 8.79. The predicted octanol–water partition coefficient (Wildman–Crippen LogP) is 0.351. The molecule has 3 heteroatoms.